The van der Waals surface area contributed by atoms with Gasteiger partial charge in [0.25, 0.3) is 0 Å². The van der Waals surface area contributed by atoms with Gasteiger partial charge in [-0.25, -0.2) is 9.67 Å². The average molecular weight is 411 g/mol. The SMILES string of the molecule is Cl.Oc1ccccc1-c1nc(C=Cc2ccccc2)nn1CCN1CCCCC1. The van der Waals surface area contributed by atoms with Crippen molar-refractivity contribution in [2.45, 2.75) is 25.8 Å². The quantitative estimate of drug-likeness (QED) is 0.638. The van der Waals surface area contributed by atoms with Gasteiger partial charge in [-0.1, -0.05) is 55.0 Å². The number of phenolic OH excluding ortho intramolecular Hbond substituents is 1. The normalized spacial score (nSPS) is 14.8. The Hall–Kier alpha value is -2.63. The summed E-state index contributed by atoms with van der Waals surface area (Å²) in [4.78, 5) is 7.19. The second-order valence-corrected chi connectivity index (χ2v) is 7.18. The molecule has 0 saturated carbocycles. The molecule has 0 bridgehead atoms. The number of likely N-dealkylation sites (tertiary alicyclic amines) is 1. The van der Waals surface area contributed by atoms with Crippen molar-refractivity contribution in [3.8, 4) is 17.1 Å². The van der Waals surface area contributed by atoms with Crippen LogP contribution in [0.4, 0.5) is 0 Å². The zero-order valence-corrected chi connectivity index (χ0v) is 17.3. The molecule has 5 nitrogen and oxygen atoms in total. The predicted octanol–water partition coefficient (Wildman–Crippen LogP) is 4.73. The Morgan fingerprint density at radius 1 is 0.862 bits per heavy atom. The minimum atomic E-state index is 0. The monoisotopic (exact) mass is 410 g/mol. The number of nitrogens with zero attached hydrogens (tertiary/aromatic N) is 4. The molecule has 152 valence electrons. The summed E-state index contributed by atoms with van der Waals surface area (Å²) in [6.07, 6.45) is 7.82. The molecule has 1 aromatic heterocycles. The van der Waals surface area contributed by atoms with E-state index in [9.17, 15) is 5.11 Å². The van der Waals surface area contributed by atoms with E-state index in [0.29, 0.717) is 17.2 Å². The Morgan fingerprint density at radius 3 is 2.34 bits per heavy atom. The van der Waals surface area contributed by atoms with Crippen molar-refractivity contribution in [2.24, 2.45) is 0 Å². The van der Waals surface area contributed by atoms with Crippen molar-refractivity contribution >= 4 is 24.6 Å². The first-order valence-corrected chi connectivity index (χ1v) is 9.98. The molecular formula is C23H27ClN4O. The number of hydrogen-bond acceptors (Lipinski definition) is 4. The van der Waals surface area contributed by atoms with Crippen LogP contribution in [0, 0.1) is 0 Å². The fourth-order valence-corrected chi connectivity index (χ4v) is 3.60. The molecule has 4 rings (SSSR count). The molecule has 1 N–H and O–H groups in total. The highest BCUT2D eigenvalue weighted by molar-refractivity contribution is 5.85. The third-order valence-electron chi connectivity index (χ3n) is 5.13. The number of aromatic nitrogens is 3. The van der Waals surface area contributed by atoms with Crippen molar-refractivity contribution in [1.29, 1.82) is 0 Å². The largest absolute Gasteiger partial charge is 0.507 e. The fraction of sp³-hybridized carbons (Fsp3) is 0.304. The molecule has 1 aliphatic rings. The Bertz CT molecular complexity index is 933. The lowest BCUT2D eigenvalue weighted by atomic mass is 10.1. The topological polar surface area (TPSA) is 54.2 Å². The summed E-state index contributed by atoms with van der Waals surface area (Å²) in [7, 11) is 0. The maximum absolute atomic E-state index is 10.3. The van der Waals surface area contributed by atoms with E-state index in [1.807, 2.05) is 65.4 Å². The van der Waals surface area contributed by atoms with Crippen molar-refractivity contribution < 1.29 is 5.11 Å². The van der Waals surface area contributed by atoms with Gasteiger partial charge in [0.05, 0.1) is 12.1 Å². The Labute approximate surface area is 178 Å². The minimum absolute atomic E-state index is 0. The Balaban J connectivity index is 0.00000240. The molecular weight excluding hydrogens is 384 g/mol. The lowest BCUT2D eigenvalue weighted by Gasteiger charge is -2.26. The van der Waals surface area contributed by atoms with E-state index >= 15 is 0 Å². The highest BCUT2D eigenvalue weighted by atomic mass is 35.5. The maximum atomic E-state index is 10.3. The van der Waals surface area contributed by atoms with Crippen LogP contribution < -0.4 is 0 Å². The van der Waals surface area contributed by atoms with E-state index in [4.69, 9.17) is 10.1 Å². The van der Waals surface area contributed by atoms with Crippen LogP contribution in [0.1, 0.15) is 30.7 Å². The van der Waals surface area contributed by atoms with Crippen molar-refractivity contribution in [2.75, 3.05) is 19.6 Å². The number of piperidine rings is 1. The summed E-state index contributed by atoms with van der Waals surface area (Å²) in [5.41, 5.74) is 1.82. The molecule has 0 radical (unpaired) electrons. The summed E-state index contributed by atoms with van der Waals surface area (Å²) in [6.45, 7) is 4.02. The first-order valence-electron chi connectivity index (χ1n) is 9.98. The van der Waals surface area contributed by atoms with Gasteiger partial charge in [-0.2, -0.15) is 5.10 Å². The van der Waals surface area contributed by atoms with E-state index in [-0.39, 0.29) is 18.2 Å². The molecule has 1 aliphatic heterocycles. The predicted molar refractivity (Wildman–Crippen MR) is 120 cm³/mol. The van der Waals surface area contributed by atoms with Crippen LogP contribution in [0.5, 0.6) is 5.75 Å². The molecule has 3 aromatic rings. The van der Waals surface area contributed by atoms with Gasteiger partial charge in [0.2, 0.25) is 0 Å². The number of hydrogen-bond donors (Lipinski definition) is 1. The lowest BCUT2D eigenvalue weighted by Crippen LogP contribution is -2.32. The summed E-state index contributed by atoms with van der Waals surface area (Å²) in [6, 6.07) is 17.4. The Kier molecular flexibility index (Phi) is 7.44. The third-order valence-corrected chi connectivity index (χ3v) is 5.13. The molecule has 29 heavy (non-hydrogen) atoms. The standard InChI is InChI=1S/C23H26N4O.ClH/c28-21-12-6-5-11-20(21)23-24-22(14-13-19-9-3-1-4-10-19)25-27(23)18-17-26-15-7-2-8-16-26;/h1,3-6,9-14,28H,2,7-8,15-18H2;1H. The lowest BCUT2D eigenvalue weighted by molar-refractivity contribution is 0.218. The van der Waals surface area contributed by atoms with Crippen LogP contribution in [0.3, 0.4) is 0 Å². The van der Waals surface area contributed by atoms with E-state index in [1.165, 1.54) is 19.3 Å². The van der Waals surface area contributed by atoms with Crippen LogP contribution >= 0.6 is 12.4 Å². The van der Waals surface area contributed by atoms with Crippen LogP contribution in [0.2, 0.25) is 0 Å². The highest BCUT2D eigenvalue weighted by Crippen LogP contribution is 2.27. The van der Waals surface area contributed by atoms with Crippen molar-refractivity contribution in [3.63, 3.8) is 0 Å². The van der Waals surface area contributed by atoms with Crippen molar-refractivity contribution in [3.05, 3.63) is 66.0 Å². The van der Waals surface area contributed by atoms with Gasteiger partial charge >= 0.3 is 0 Å². The molecule has 0 aliphatic carbocycles. The molecule has 1 saturated heterocycles. The second kappa shape index (κ2) is 10.2. The summed E-state index contributed by atoms with van der Waals surface area (Å²) in [5.74, 6) is 1.59. The van der Waals surface area contributed by atoms with E-state index in [2.05, 4.69) is 4.90 Å². The highest BCUT2D eigenvalue weighted by Gasteiger charge is 2.16. The number of halogens is 1. The fourth-order valence-electron chi connectivity index (χ4n) is 3.60. The van der Waals surface area contributed by atoms with Gasteiger partial charge in [-0.15, -0.1) is 12.4 Å². The van der Waals surface area contributed by atoms with E-state index in [1.54, 1.807) is 6.07 Å². The van der Waals surface area contributed by atoms with Crippen LogP contribution in [0.25, 0.3) is 23.5 Å². The van der Waals surface area contributed by atoms with Gasteiger partial charge in [-0.05, 0) is 49.7 Å². The molecule has 0 atom stereocenters. The molecule has 1 fully saturated rings. The van der Waals surface area contributed by atoms with E-state index in [0.717, 1.165) is 31.7 Å². The van der Waals surface area contributed by atoms with E-state index < -0.39 is 0 Å². The molecule has 6 heteroatoms. The summed E-state index contributed by atoms with van der Waals surface area (Å²) >= 11 is 0. The Morgan fingerprint density at radius 2 is 1.59 bits per heavy atom. The first kappa shape index (κ1) is 21.1. The number of rotatable bonds is 6. The molecule has 0 unspecified atom stereocenters. The maximum Gasteiger partial charge on any atom is 0.174 e. The zero-order chi connectivity index (χ0) is 19.2. The zero-order valence-electron chi connectivity index (χ0n) is 16.4. The third kappa shape index (κ3) is 5.46. The van der Waals surface area contributed by atoms with Crippen molar-refractivity contribution in [1.82, 2.24) is 19.7 Å². The molecule has 2 aromatic carbocycles. The van der Waals surface area contributed by atoms with Gasteiger partial charge in [-0.3, -0.25) is 0 Å². The summed E-state index contributed by atoms with van der Waals surface area (Å²) < 4.78 is 1.92. The molecule has 0 spiro atoms. The van der Waals surface area contributed by atoms with Gasteiger partial charge in [0, 0.05) is 6.54 Å². The molecule has 2 heterocycles. The number of phenols is 1. The molecule has 0 amide bonds. The van der Waals surface area contributed by atoms with Crippen LogP contribution in [0.15, 0.2) is 54.6 Å². The summed E-state index contributed by atoms with van der Waals surface area (Å²) in [5, 5.41) is 15.0. The number of benzene rings is 2. The average Bonchev–Trinajstić information content (AvgIpc) is 3.15. The van der Waals surface area contributed by atoms with Gasteiger partial charge in [0.1, 0.15) is 5.75 Å². The first-order chi connectivity index (χ1) is 13.8. The van der Waals surface area contributed by atoms with Crippen LogP contribution in [-0.4, -0.2) is 44.4 Å². The minimum Gasteiger partial charge on any atom is -0.507 e. The second-order valence-electron chi connectivity index (χ2n) is 7.18. The van der Waals surface area contributed by atoms with Crippen LogP contribution in [-0.2, 0) is 6.54 Å². The number of para-hydroxylation sites is 1. The number of aromatic hydroxyl groups is 1. The smallest absolute Gasteiger partial charge is 0.174 e. The van der Waals surface area contributed by atoms with Gasteiger partial charge in [0.15, 0.2) is 11.6 Å². The van der Waals surface area contributed by atoms with Gasteiger partial charge < -0.3 is 10.0 Å².